The van der Waals surface area contributed by atoms with Crippen LogP contribution in [-0.4, -0.2) is 63.2 Å². The number of carbonyl (C=O) groups excluding carboxylic acids is 2. The maximum Gasteiger partial charge on any atom is 0.319 e. The van der Waals surface area contributed by atoms with E-state index in [1.807, 2.05) is 0 Å². The predicted octanol–water partition coefficient (Wildman–Crippen LogP) is 5.98. The summed E-state index contributed by atoms with van der Waals surface area (Å²) in [4.78, 5) is 23.9. The van der Waals surface area contributed by atoms with Crippen LogP contribution in [0.3, 0.4) is 0 Å². The molecule has 1 aromatic carbocycles. The molecule has 224 valence electrons. The highest BCUT2D eigenvalue weighted by Gasteiger charge is 2.09. The molecule has 0 heterocycles. The fourth-order valence-corrected chi connectivity index (χ4v) is 3.99. The molecule has 0 fully saturated rings. The molecule has 0 aromatic heterocycles. The molecule has 0 aliphatic heterocycles. The molecule has 0 aliphatic carbocycles. The highest BCUT2D eigenvalue weighted by Crippen LogP contribution is 2.16. The Labute approximate surface area is 234 Å². The summed E-state index contributed by atoms with van der Waals surface area (Å²) in [5.41, 5.74) is 1.18. The monoisotopic (exact) mass is 552 g/mol. The van der Waals surface area contributed by atoms with Crippen molar-refractivity contribution in [3.63, 3.8) is 0 Å². The van der Waals surface area contributed by atoms with Gasteiger partial charge in [0, 0.05) is 24.5 Å². The van der Waals surface area contributed by atoms with Crippen molar-refractivity contribution in [2.45, 2.75) is 97.0 Å². The number of ether oxygens (including phenoxy) is 3. The van der Waals surface area contributed by atoms with Crippen molar-refractivity contribution < 1.29 is 28.9 Å². The maximum atomic E-state index is 12.2. The average Bonchev–Trinajstić information content (AvgIpc) is 2.93. The van der Waals surface area contributed by atoms with E-state index < -0.39 is 0 Å². The van der Waals surface area contributed by atoms with Crippen LogP contribution in [0.1, 0.15) is 90.9 Å². The van der Waals surface area contributed by atoms with E-state index in [1.165, 1.54) is 64.2 Å². The highest BCUT2D eigenvalue weighted by atomic mass is 16.7. The third-order valence-corrected chi connectivity index (χ3v) is 6.20. The first-order valence-electron chi connectivity index (χ1n) is 14.7. The number of anilines is 2. The van der Waals surface area contributed by atoms with Crippen LogP contribution >= 0.6 is 0 Å². The molecular weight excluding hydrogens is 500 g/mol. The van der Waals surface area contributed by atoms with Gasteiger partial charge in [-0.2, -0.15) is 0 Å². The number of aliphatic hydroxyl groups is 1. The summed E-state index contributed by atoms with van der Waals surface area (Å²) >= 11 is 0. The number of benzene rings is 1. The number of amides is 4. The van der Waals surface area contributed by atoms with Crippen molar-refractivity contribution in [3.8, 4) is 0 Å². The summed E-state index contributed by atoms with van der Waals surface area (Å²) in [7, 11) is 0. The number of nitrogens with one attached hydrogen (secondary N) is 4. The van der Waals surface area contributed by atoms with Gasteiger partial charge in [0.15, 0.2) is 0 Å². The lowest BCUT2D eigenvalue weighted by molar-refractivity contribution is -0.0932. The standard InChI is InChI=1S/C29H52N4O6/c1-3-5-7-9-11-13-27(14-12-10-8-6-4-2)39-24-38-22-20-31-29(36)33-26-17-15-25(16-18-26)32-28(35)30-19-21-37-23-34/h15-18,27,34H,3-14,19-24H2,1-2H3,(H2,30,32,35)(H2,31,33,36). The van der Waals surface area contributed by atoms with Crippen molar-refractivity contribution in [2.24, 2.45) is 0 Å². The fraction of sp³-hybridized carbons (Fsp3) is 0.724. The predicted molar refractivity (Wildman–Crippen MR) is 156 cm³/mol. The summed E-state index contributed by atoms with van der Waals surface area (Å²) in [6.07, 6.45) is 15.1. The lowest BCUT2D eigenvalue weighted by atomic mass is 10.0. The first-order chi connectivity index (χ1) is 19.1. The molecule has 5 N–H and O–H groups in total. The second kappa shape index (κ2) is 24.6. The summed E-state index contributed by atoms with van der Waals surface area (Å²) < 4.78 is 16.4. The summed E-state index contributed by atoms with van der Waals surface area (Å²) in [6.45, 7) is 5.57. The number of carbonyl (C=O) groups is 2. The van der Waals surface area contributed by atoms with Gasteiger partial charge in [-0.1, -0.05) is 78.1 Å². The van der Waals surface area contributed by atoms with Gasteiger partial charge in [-0.05, 0) is 37.1 Å². The van der Waals surface area contributed by atoms with E-state index in [0.717, 1.165) is 12.8 Å². The lowest BCUT2D eigenvalue weighted by Gasteiger charge is -2.18. The molecule has 1 aromatic rings. The lowest BCUT2D eigenvalue weighted by Crippen LogP contribution is -2.32. The number of unbranched alkanes of at least 4 members (excludes halogenated alkanes) is 8. The zero-order valence-corrected chi connectivity index (χ0v) is 24.1. The minimum absolute atomic E-state index is 0.221. The molecule has 10 nitrogen and oxygen atoms in total. The highest BCUT2D eigenvalue weighted by molar-refractivity contribution is 5.91. The van der Waals surface area contributed by atoms with Crippen molar-refractivity contribution >= 4 is 23.4 Å². The summed E-state index contributed by atoms with van der Waals surface area (Å²) in [5.74, 6) is 0. The second-order valence-corrected chi connectivity index (χ2v) is 9.60. The van der Waals surface area contributed by atoms with Crippen molar-refractivity contribution in [2.75, 3.05) is 50.5 Å². The van der Waals surface area contributed by atoms with E-state index in [2.05, 4.69) is 35.1 Å². The molecule has 0 atom stereocenters. The molecule has 0 radical (unpaired) electrons. The van der Waals surface area contributed by atoms with Crippen LogP contribution in [0.5, 0.6) is 0 Å². The molecule has 0 unspecified atom stereocenters. The zero-order chi connectivity index (χ0) is 28.4. The first-order valence-corrected chi connectivity index (χ1v) is 14.7. The fourth-order valence-electron chi connectivity index (χ4n) is 3.99. The molecule has 0 bridgehead atoms. The quantitative estimate of drug-likeness (QED) is 0.0793. The van der Waals surface area contributed by atoms with E-state index in [0.29, 0.717) is 24.5 Å². The molecule has 10 heteroatoms. The van der Waals surface area contributed by atoms with Gasteiger partial charge in [-0.25, -0.2) is 9.59 Å². The number of aliphatic hydroxyl groups excluding tert-OH is 1. The molecule has 0 saturated heterocycles. The minimum atomic E-state index is -0.385. The van der Waals surface area contributed by atoms with Crippen LogP contribution in [0.25, 0.3) is 0 Å². The molecule has 0 spiro atoms. The van der Waals surface area contributed by atoms with Crippen LogP contribution in [0.4, 0.5) is 21.0 Å². The van der Waals surface area contributed by atoms with E-state index in [4.69, 9.17) is 19.3 Å². The van der Waals surface area contributed by atoms with Crippen molar-refractivity contribution in [1.82, 2.24) is 10.6 Å². The normalized spacial score (nSPS) is 11.0. The number of rotatable bonds is 24. The van der Waals surface area contributed by atoms with Gasteiger partial charge in [0.05, 0.1) is 19.3 Å². The number of hydrogen-bond donors (Lipinski definition) is 5. The van der Waals surface area contributed by atoms with Gasteiger partial charge in [-0.15, -0.1) is 0 Å². The van der Waals surface area contributed by atoms with Crippen LogP contribution in [0.2, 0.25) is 0 Å². The Balaban J connectivity index is 2.21. The van der Waals surface area contributed by atoms with Gasteiger partial charge in [0.25, 0.3) is 0 Å². The third-order valence-electron chi connectivity index (χ3n) is 6.20. The van der Waals surface area contributed by atoms with Gasteiger partial charge in [0.2, 0.25) is 0 Å². The Hall–Kier alpha value is -2.40. The Morgan fingerprint density at radius 2 is 1.18 bits per heavy atom. The van der Waals surface area contributed by atoms with Gasteiger partial charge in [-0.3, -0.25) is 0 Å². The SMILES string of the molecule is CCCCCCCC(CCCCCCC)OCOCCNC(=O)Nc1ccc(NC(=O)NCCOCO)cc1. The molecule has 1 rings (SSSR count). The number of urea groups is 2. The van der Waals surface area contributed by atoms with E-state index in [1.54, 1.807) is 24.3 Å². The van der Waals surface area contributed by atoms with Gasteiger partial charge < -0.3 is 40.6 Å². The Kier molecular flexibility index (Phi) is 21.9. The largest absolute Gasteiger partial charge is 0.371 e. The Morgan fingerprint density at radius 1 is 0.718 bits per heavy atom. The van der Waals surface area contributed by atoms with Crippen LogP contribution in [0.15, 0.2) is 24.3 Å². The average molecular weight is 553 g/mol. The van der Waals surface area contributed by atoms with Crippen LogP contribution in [-0.2, 0) is 14.2 Å². The van der Waals surface area contributed by atoms with E-state index >= 15 is 0 Å². The molecule has 39 heavy (non-hydrogen) atoms. The summed E-state index contributed by atoms with van der Waals surface area (Å²) in [6, 6.07) is 6.04. The van der Waals surface area contributed by atoms with E-state index in [-0.39, 0.29) is 44.9 Å². The van der Waals surface area contributed by atoms with Gasteiger partial charge >= 0.3 is 12.1 Å². The van der Waals surface area contributed by atoms with Crippen LogP contribution < -0.4 is 21.3 Å². The Bertz CT molecular complexity index is 721. The molecular formula is C29H52N4O6. The summed E-state index contributed by atoms with van der Waals surface area (Å²) in [5, 5.41) is 19.3. The van der Waals surface area contributed by atoms with E-state index in [9.17, 15) is 9.59 Å². The third kappa shape index (κ3) is 20.2. The van der Waals surface area contributed by atoms with Gasteiger partial charge in [0.1, 0.15) is 13.6 Å². The van der Waals surface area contributed by atoms with Crippen molar-refractivity contribution in [3.05, 3.63) is 24.3 Å². The van der Waals surface area contributed by atoms with Crippen LogP contribution in [0, 0.1) is 0 Å². The van der Waals surface area contributed by atoms with Crippen molar-refractivity contribution in [1.29, 1.82) is 0 Å². The zero-order valence-electron chi connectivity index (χ0n) is 24.1. The second-order valence-electron chi connectivity index (χ2n) is 9.60. The smallest absolute Gasteiger partial charge is 0.319 e. The molecule has 0 saturated carbocycles. The molecule has 0 aliphatic rings. The Morgan fingerprint density at radius 3 is 1.64 bits per heavy atom. The number of hydrogen-bond acceptors (Lipinski definition) is 6. The maximum absolute atomic E-state index is 12.2. The minimum Gasteiger partial charge on any atom is -0.371 e. The molecule has 4 amide bonds. The first kappa shape index (κ1) is 34.6. The topological polar surface area (TPSA) is 130 Å².